The third-order valence-electron chi connectivity index (χ3n) is 6.19. The number of benzene rings is 2. The van der Waals surface area contributed by atoms with E-state index in [1.54, 1.807) is 11.7 Å². The van der Waals surface area contributed by atoms with Crippen molar-refractivity contribution in [2.45, 2.75) is 52.4 Å². The molecule has 0 bridgehead atoms. The highest BCUT2D eigenvalue weighted by atomic mass is 16.7. The second-order valence-corrected chi connectivity index (χ2v) is 8.80. The summed E-state index contributed by atoms with van der Waals surface area (Å²) in [4.78, 5) is 15.7. The fourth-order valence-electron chi connectivity index (χ4n) is 3.73. The Kier molecular flexibility index (Phi) is 5.39. The summed E-state index contributed by atoms with van der Waals surface area (Å²) in [5.41, 5.74) is 2.38. The fourth-order valence-corrected chi connectivity index (χ4v) is 3.73. The van der Waals surface area contributed by atoms with Crippen molar-refractivity contribution in [3.63, 3.8) is 0 Å². The van der Waals surface area contributed by atoms with Crippen LogP contribution in [-0.2, 0) is 15.9 Å². The van der Waals surface area contributed by atoms with E-state index in [0.717, 1.165) is 22.1 Å². The predicted molar refractivity (Wildman–Crippen MR) is 122 cm³/mol. The first kappa shape index (κ1) is 21.5. The van der Waals surface area contributed by atoms with Gasteiger partial charge in [-0.3, -0.25) is 4.57 Å². The van der Waals surface area contributed by atoms with Gasteiger partial charge >= 0.3 is 12.8 Å². The maximum atomic E-state index is 12.7. The topological polar surface area (TPSA) is 74.7 Å². The van der Waals surface area contributed by atoms with E-state index in [0.29, 0.717) is 24.7 Å². The number of fused-ring (bicyclic) bond motifs is 1. The van der Waals surface area contributed by atoms with Crippen LogP contribution in [0.15, 0.2) is 41.2 Å². The van der Waals surface area contributed by atoms with Crippen molar-refractivity contribution in [3.8, 4) is 11.5 Å². The van der Waals surface area contributed by atoms with Gasteiger partial charge in [-0.1, -0.05) is 12.1 Å². The molecule has 0 saturated carbocycles. The van der Waals surface area contributed by atoms with Crippen molar-refractivity contribution < 1.29 is 18.8 Å². The molecule has 7 nitrogen and oxygen atoms in total. The summed E-state index contributed by atoms with van der Waals surface area (Å²) in [5, 5.41) is 0. The van der Waals surface area contributed by atoms with Crippen molar-refractivity contribution in [3.05, 3.63) is 52.4 Å². The molecule has 164 valence electrons. The first-order valence-electron chi connectivity index (χ1n) is 10.5. The molecule has 0 atom stereocenters. The number of aromatic amines is 1. The second kappa shape index (κ2) is 7.77. The van der Waals surface area contributed by atoms with Crippen LogP contribution in [0.1, 0.15) is 40.2 Å². The van der Waals surface area contributed by atoms with Crippen LogP contribution in [0.4, 0.5) is 0 Å². The average molecular weight is 424 g/mol. The lowest BCUT2D eigenvalue weighted by Gasteiger charge is -2.32. The number of ether oxygens (including phenoxy) is 2. The molecule has 4 rings (SSSR count). The Labute approximate surface area is 182 Å². The van der Waals surface area contributed by atoms with Gasteiger partial charge < -0.3 is 23.8 Å². The minimum Gasteiger partial charge on any atom is -0.493 e. The van der Waals surface area contributed by atoms with Crippen LogP contribution in [0.5, 0.6) is 11.5 Å². The number of nitrogens with zero attached hydrogens (tertiary/aromatic N) is 1. The molecular weight excluding hydrogens is 395 g/mol. The van der Waals surface area contributed by atoms with Gasteiger partial charge in [0.1, 0.15) is 0 Å². The van der Waals surface area contributed by atoms with E-state index in [2.05, 4.69) is 4.98 Å². The number of aromatic nitrogens is 2. The van der Waals surface area contributed by atoms with Gasteiger partial charge in [-0.2, -0.15) is 0 Å². The summed E-state index contributed by atoms with van der Waals surface area (Å²) in [7, 11) is 1.14. The molecule has 0 radical (unpaired) electrons. The van der Waals surface area contributed by atoms with Gasteiger partial charge in [0, 0.05) is 0 Å². The monoisotopic (exact) mass is 424 g/mol. The third kappa shape index (κ3) is 3.86. The van der Waals surface area contributed by atoms with Crippen molar-refractivity contribution in [1.82, 2.24) is 9.55 Å². The van der Waals surface area contributed by atoms with Gasteiger partial charge in [0.2, 0.25) is 0 Å². The zero-order valence-corrected chi connectivity index (χ0v) is 18.9. The van der Waals surface area contributed by atoms with Crippen molar-refractivity contribution in [2.75, 3.05) is 13.7 Å². The molecule has 1 N–H and O–H groups in total. The van der Waals surface area contributed by atoms with Crippen molar-refractivity contribution >= 4 is 23.6 Å². The molecule has 8 heteroatoms. The largest absolute Gasteiger partial charge is 0.494 e. The number of nitrogens with one attached hydrogen (secondary N) is 1. The van der Waals surface area contributed by atoms with Gasteiger partial charge in [0.25, 0.3) is 0 Å². The van der Waals surface area contributed by atoms with E-state index >= 15 is 0 Å². The lowest BCUT2D eigenvalue weighted by molar-refractivity contribution is 0.00578. The number of imidazole rings is 1. The van der Waals surface area contributed by atoms with E-state index in [1.165, 1.54) is 0 Å². The SMILES string of the molecule is CCOc1cc(Cn2c(=O)[nH]c3cc(B4OC(C)(C)C(C)(C)O4)ccc32)ccc1OC. The first-order valence-corrected chi connectivity index (χ1v) is 10.5. The fraction of sp³-hybridized carbons (Fsp3) is 0.435. The van der Waals surface area contributed by atoms with Crippen LogP contribution in [0.3, 0.4) is 0 Å². The average Bonchev–Trinajstić information content (AvgIpc) is 3.13. The Morgan fingerprint density at radius 1 is 1.03 bits per heavy atom. The molecule has 2 heterocycles. The molecule has 1 aliphatic rings. The molecule has 1 saturated heterocycles. The summed E-state index contributed by atoms with van der Waals surface area (Å²) in [6.07, 6.45) is 0. The standard InChI is InChI=1S/C23H29BN2O5/c1-7-29-20-12-15(8-11-19(20)28-6)14-26-18-10-9-16(13-17(18)25-21(26)27)24-30-22(2,3)23(4,5)31-24/h8-13H,7,14H2,1-6H3,(H,25,27). The van der Waals surface area contributed by atoms with Gasteiger partial charge in [-0.15, -0.1) is 0 Å². The summed E-state index contributed by atoms with van der Waals surface area (Å²) >= 11 is 0. The molecular formula is C23H29BN2O5. The van der Waals surface area contributed by atoms with Crippen LogP contribution >= 0.6 is 0 Å². The molecule has 1 fully saturated rings. The highest BCUT2D eigenvalue weighted by Crippen LogP contribution is 2.36. The van der Waals surface area contributed by atoms with Crippen LogP contribution in [0.2, 0.25) is 0 Å². The number of methoxy groups -OCH3 is 1. The highest BCUT2D eigenvalue weighted by Gasteiger charge is 2.51. The Balaban J connectivity index is 1.65. The molecule has 0 aliphatic carbocycles. The summed E-state index contributed by atoms with van der Waals surface area (Å²) < 4.78 is 25.0. The van der Waals surface area contributed by atoms with Crippen LogP contribution in [-0.4, -0.2) is 41.6 Å². The Hall–Kier alpha value is -2.71. The number of hydrogen-bond donors (Lipinski definition) is 1. The minimum atomic E-state index is -0.475. The first-order chi connectivity index (χ1) is 14.6. The van der Waals surface area contributed by atoms with Gasteiger partial charge in [-0.05, 0) is 69.9 Å². The lowest BCUT2D eigenvalue weighted by atomic mass is 9.79. The van der Waals surface area contributed by atoms with Gasteiger partial charge in [-0.25, -0.2) is 4.79 Å². The normalized spacial score (nSPS) is 17.3. The van der Waals surface area contributed by atoms with Gasteiger partial charge in [0.15, 0.2) is 11.5 Å². The molecule has 3 aromatic rings. The molecule has 2 aromatic carbocycles. The highest BCUT2D eigenvalue weighted by molar-refractivity contribution is 6.62. The van der Waals surface area contributed by atoms with Crippen LogP contribution in [0, 0.1) is 0 Å². The third-order valence-corrected chi connectivity index (χ3v) is 6.19. The molecule has 31 heavy (non-hydrogen) atoms. The maximum Gasteiger partial charge on any atom is 0.494 e. The smallest absolute Gasteiger partial charge is 0.493 e. The van der Waals surface area contributed by atoms with Crippen LogP contribution in [0.25, 0.3) is 11.0 Å². The number of rotatable bonds is 6. The van der Waals surface area contributed by atoms with Gasteiger partial charge in [0.05, 0.1) is 42.5 Å². The predicted octanol–water partition coefficient (Wildman–Crippen LogP) is 3.08. The molecule has 0 spiro atoms. The Morgan fingerprint density at radius 2 is 1.74 bits per heavy atom. The zero-order chi connectivity index (χ0) is 22.4. The van der Waals surface area contributed by atoms with Crippen molar-refractivity contribution in [1.29, 1.82) is 0 Å². The zero-order valence-electron chi connectivity index (χ0n) is 18.9. The number of H-pyrrole nitrogens is 1. The number of hydrogen-bond acceptors (Lipinski definition) is 5. The lowest BCUT2D eigenvalue weighted by Crippen LogP contribution is -2.41. The van der Waals surface area contributed by atoms with E-state index in [-0.39, 0.29) is 5.69 Å². The Bertz CT molecular complexity index is 1150. The Morgan fingerprint density at radius 3 is 2.39 bits per heavy atom. The van der Waals surface area contributed by atoms with E-state index < -0.39 is 18.3 Å². The molecule has 1 aliphatic heterocycles. The summed E-state index contributed by atoms with van der Waals surface area (Å²) in [5.74, 6) is 1.34. The molecule has 0 unspecified atom stereocenters. The van der Waals surface area contributed by atoms with E-state index in [1.807, 2.05) is 71.0 Å². The summed E-state index contributed by atoms with van der Waals surface area (Å²) in [6.45, 7) is 11.0. The van der Waals surface area contributed by atoms with Crippen LogP contribution < -0.4 is 20.6 Å². The van der Waals surface area contributed by atoms with E-state index in [4.69, 9.17) is 18.8 Å². The van der Waals surface area contributed by atoms with E-state index in [9.17, 15) is 4.79 Å². The van der Waals surface area contributed by atoms with Crippen molar-refractivity contribution in [2.24, 2.45) is 0 Å². The second-order valence-electron chi connectivity index (χ2n) is 8.80. The molecule has 1 aromatic heterocycles. The minimum absolute atomic E-state index is 0.171. The molecule has 0 amide bonds. The quantitative estimate of drug-likeness (QED) is 0.616. The summed E-state index contributed by atoms with van der Waals surface area (Å²) in [6, 6.07) is 11.5. The maximum absolute atomic E-state index is 12.7.